The van der Waals surface area contributed by atoms with Crippen LogP contribution in [0.15, 0.2) is 24.3 Å². The summed E-state index contributed by atoms with van der Waals surface area (Å²) in [5.74, 6) is 1.81. The van der Waals surface area contributed by atoms with E-state index < -0.39 is 0 Å². The van der Waals surface area contributed by atoms with Crippen molar-refractivity contribution in [1.29, 1.82) is 0 Å². The number of nitrogens with zero attached hydrogens (tertiary/aromatic N) is 3. The zero-order valence-electron chi connectivity index (χ0n) is 12.1. The first-order chi connectivity index (χ1) is 9.08. The number of nitrogen functional groups attached to an aromatic ring is 1. The molecule has 0 atom stereocenters. The number of hydrogen-bond acceptors (Lipinski definition) is 3. The van der Waals surface area contributed by atoms with Crippen LogP contribution < -0.4 is 10.6 Å². The molecule has 2 rings (SSSR count). The highest BCUT2D eigenvalue weighted by molar-refractivity contribution is 5.72. The van der Waals surface area contributed by atoms with E-state index in [9.17, 15) is 0 Å². The molecule has 102 valence electrons. The molecular weight excluding hydrogens is 236 g/mol. The van der Waals surface area contributed by atoms with Gasteiger partial charge in [0, 0.05) is 38.3 Å². The molecule has 1 aromatic heterocycles. The highest BCUT2D eigenvalue weighted by Crippen LogP contribution is 2.28. The number of nitrogens with two attached hydrogens (primary N) is 1. The average Bonchev–Trinajstić information content (AvgIpc) is 2.75. The molecule has 1 aromatic carbocycles. The summed E-state index contributed by atoms with van der Waals surface area (Å²) in [4.78, 5) is 6.75. The van der Waals surface area contributed by atoms with Gasteiger partial charge in [-0.2, -0.15) is 0 Å². The molecular formula is C15H22N4. The number of aromatic nitrogens is 2. The average molecular weight is 258 g/mol. The van der Waals surface area contributed by atoms with Gasteiger partial charge >= 0.3 is 0 Å². The van der Waals surface area contributed by atoms with Gasteiger partial charge < -0.3 is 15.2 Å². The molecule has 0 radical (unpaired) electrons. The molecule has 0 bridgehead atoms. The minimum atomic E-state index is 0.761. The van der Waals surface area contributed by atoms with Crippen molar-refractivity contribution in [3.8, 4) is 11.3 Å². The topological polar surface area (TPSA) is 47.1 Å². The van der Waals surface area contributed by atoms with Crippen LogP contribution in [0.2, 0.25) is 0 Å². The molecule has 1 heterocycles. The van der Waals surface area contributed by atoms with Crippen LogP contribution in [-0.4, -0.2) is 23.6 Å². The summed E-state index contributed by atoms with van der Waals surface area (Å²) < 4.78 is 2.08. The summed E-state index contributed by atoms with van der Waals surface area (Å²) in [6.45, 7) is 5.06. The lowest BCUT2D eigenvalue weighted by molar-refractivity contribution is 0.713. The first-order valence-corrected chi connectivity index (χ1v) is 6.71. The number of imidazole rings is 1. The third-order valence-corrected chi connectivity index (χ3v) is 3.38. The quantitative estimate of drug-likeness (QED) is 0.917. The molecule has 4 nitrogen and oxygen atoms in total. The van der Waals surface area contributed by atoms with Gasteiger partial charge in [0.2, 0.25) is 0 Å². The number of benzene rings is 1. The third-order valence-electron chi connectivity index (χ3n) is 3.38. The molecule has 4 heteroatoms. The van der Waals surface area contributed by atoms with Crippen LogP contribution in [0.3, 0.4) is 0 Å². The Morgan fingerprint density at radius 3 is 2.21 bits per heavy atom. The van der Waals surface area contributed by atoms with Gasteiger partial charge in [-0.3, -0.25) is 0 Å². The van der Waals surface area contributed by atoms with Crippen molar-refractivity contribution in [3.05, 3.63) is 30.1 Å². The van der Waals surface area contributed by atoms with E-state index in [2.05, 4.69) is 52.6 Å². The third kappa shape index (κ3) is 2.43. The van der Waals surface area contributed by atoms with Gasteiger partial charge in [0.15, 0.2) is 0 Å². The van der Waals surface area contributed by atoms with E-state index in [1.165, 1.54) is 5.69 Å². The molecule has 2 aromatic rings. The van der Waals surface area contributed by atoms with Crippen molar-refractivity contribution < 1.29 is 0 Å². The Balaban J connectivity index is 2.44. The monoisotopic (exact) mass is 258 g/mol. The molecule has 0 saturated heterocycles. The predicted molar refractivity (Wildman–Crippen MR) is 81.5 cm³/mol. The van der Waals surface area contributed by atoms with E-state index in [4.69, 9.17) is 5.73 Å². The van der Waals surface area contributed by atoms with E-state index >= 15 is 0 Å². The first-order valence-electron chi connectivity index (χ1n) is 6.71. The molecule has 0 aliphatic carbocycles. The molecule has 0 fully saturated rings. The van der Waals surface area contributed by atoms with Crippen molar-refractivity contribution in [3.63, 3.8) is 0 Å². The molecule has 0 amide bonds. The fraction of sp³-hybridized carbons (Fsp3) is 0.400. The van der Waals surface area contributed by atoms with E-state index in [1.807, 2.05) is 14.1 Å². The summed E-state index contributed by atoms with van der Waals surface area (Å²) in [7, 11) is 4.06. The van der Waals surface area contributed by atoms with Crippen molar-refractivity contribution >= 4 is 11.5 Å². The highest BCUT2D eigenvalue weighted by Gasteiger charge is 2.13. The molecule has 0 saturated carbocycles. The van der Waals surface area contributed by atoms with Crippen LogP contribution in [0.5, 0.6) is 0 Å². The lowest BCUT2D eigenvalue weighted by Crippen LogP contribution is -2.08. The zero-order valence-corrected chi connectivity index (χ0v) is 12.1. The smallest absolute Gasteiger partial charge is 0.131 e. The van der Waals surface area contributed by atoms with Crippen LogP contribution in [-0.2, 0) is 13.0 Å². The summed E-state index contributed by atoms with van der Waals surface area (Å²) in [6, 6.07) is 8.33. The predicted octanol–water partition coefficient (Wildman–Crippen LogP) is 2.78. The SMILES string of the molecule is CCc1nc(-c2ccc(N(C)C)cc2)c(N)n1CC. The lowest BCUT2D eigenvalue weighted by Gasteiger charge is -2.12. The standard InChI is InChI=1S/C15H22N4/c1-5-13-17-14(15(16)19(13)6-2)11-7-9-12(10-8-11)18(3)4/h7-10H,5-6,16H2,1-4H3. The van der Waals surface area contributed by atoms with Crippen LogP contribution >= 0.6 is 0 Å². The molecule has 0 spiro atoms. The maximum absolute atomic E-state index is 6.21. The second kappa shape index (κ2) is 5.34. The Hall–Kier alpha value is -1.97. The van der Waals surface area contributed by atoms with Crippen LogP contribution in [0.4, 0.5) is 11.5 Å². The van der Waals surface area contributed by atoms with Crippen LogP contribution in [0.1, 0.15) is 19.7 Å². The van der Waals surface area contributed by atoms with Crippen molar-refractivity contribution in [1.82, 2.24) is 9.55 Å². The van der Waals surface area contributed by atoms with Gasteiger partial charge in [0.05, 0.1) is 0 Å². The summed E-state index contributed by atoms with van der Waals surface area (Å²) in [6.07, 6.45) is 0.897. The molecule has 2 N–H and O–H groups in total. The van der Waals surface area contributed by atoms with Gasteiger partial charge in [0.25, 0.3) is 0 Å². The Labute approximate surface area is 114 Å². The summed E-state index contributed by atoms with van der Waals surface area (Å²) in [5, 5.41) is 0. The van der Waals surface area contributed by atoms with Gasteiger partial charge in [-0.05, 0) is 19.1 Å². The normalized spacial score (nSPS) is 10.7. The van der Waals surface area contributed by atoms with Crippen LogP contribution in [0, 0.1) is 0 Å². The Kier molecular flexibility index (Phi) is 3.79. The first kappa shape index (κ1) is 13.5. The number of aryl methyl sites for hydroxylation is 1. The number of rotatable bonds is 4. The Bertz CT molecular complexity index is 552. The van der Waals surface area contributed by atoms with Crippen molar-refractivity contribution in [2.75, 3.05) is 24.7 Å². The molecule has 0 aliphatic heterocycles. The van der Waals surface area contributed by atoms with E-state index in [0.29, 0.717) is 0 Å². The number of hydrogen-bond donors (Lipinski definition) is 1. The van der Waals surface area contributed by atoms with Gasteiger partial charge in [-0.1, -0.05) is 19.1 Å². The van der Waals surface area contributed by atoms with Gasteiger partial charge in [-0.15, -0.1) is 0 Å². The maximum Gasteiger partial charge on any atom is 0.131 e. The molecule has 0 unspecified atom stereocenters. The van der Waals surface area contributed by atoms with E-state index in [0.717, 1.165) is 35.9 Å². The fourth-order valence-electron chi connectivity index (χ4n) is 2.27. The Morgan fingerprint density at radius 2 is 1.79 bits per heavy atom. The van der Waals surface area contributed by atoms with Crippen molar-refractivity contribution in [2.45, 2.75) is 26.8 Å². The lowest BCUT2D eigenvalue weighted by atomic mass is 10.1. The fourth-order valence-corrected chi connectivity index (χ4v) is 2.27. The summed E-state index contributed by atoms with van der Waals surface area (Å²) >= 11 is 0. The maximum atomic E-state index is 6.21. The largest absolute Gasteiger partial charge is 0.383 e. The molecule has 19 heavy (non-hydrogen) atoms. The highest BCUT2D eigenvalue weighted by atomic mass is 15.1. The van der Waals surface area contributed by atoms with Gasteiger partial charge in [0.1, 0.15) is 17.3 Å². The second-order valence-electron chi connectivity index (χ2n) is 4.80. The van der Waals surface area contributed by atoms with Crippen molar-refractivity contribution in [2.24, 2.45) is 0 Å². The van der Waals surface area contributed by atoms with E-state index in [1.54, 1.807) is 0 Å². The Morgan fingerprint density at radius 1 is 1.16 bits per heavy atom. The zero-order chi connectivity index (χ0) is 14.0. The minimum absolute atomic E-state index is 0.761. The minimum Gasteiger partial charge on any atom is -0.383 e. The van der Waals surface area contributed by atoms with Gasteiger partial charge in [-0.25, -0.2) is 4.98 Å². The molecule has 0 aliphatic rings. The van der Waals surface area contributed by atoms with Crippen LogP contribution in [0.25, 0.3) is 11.3 Å². The summed E-state index contributed by atoms with van der Waals surface area (Å²) in [5.41, 5.74) is 9.35. The van der Waals surface area contributed by atoms with E-state index in [-0.39, 0.29) is 0 Å². The number of anilines is 2. The second-order valence-corrected chi connectivity index (χ2v) is 4.80.